The van der Waals surface area contributed by atoms with Gasteiger partial charge in [0.25, 0.3) is 0 Å². The molecule has 1 unspecified atom stereocenters. The van der Waals surface area contributed by atoms with Gasteiger partial charge in [0.15, 0.2) is 6.61 Å². The van der Waals surface area contributed by atoms with Crippen LogP contribution in [0.4, 0.5) is 0 Å². The summed E-state index contributed by atoms with van der Waals surface area (Å²) in [6.07, 6.45) is 6.12. The number of para-hydroxylation sites is 1. The second-order valence-corrected chi connectivity index (χ2v) is 4.97. The number of carboxylic acids is 1. The molecular weight excluding hydrogens is 240 g/mol. The summed E-state index contributed by atoms with van der Waals surface area (Å²) >= 11 is 0. The average molecular weight is 264 g/mol. The van der Waals surface area contributed by atoms with Crippen molar-refractivity contribution in [2.75, 3.05) is 6.61 Å². The predicted molar refractivity (Wildman–Crippen MR) is 76.7 cm³/mol. The molecule has 0 saturated carbocycles. The van der Waals surface area contributed by atoms with E-state index in [-0.39, 0.29) is 6.61 Å². The van der Waals surface area contributed by atoms with Crippen LogP contribution in [0.25, 0.3) is 0 Å². The highest BCUT2D eigenvalue weighted by atomic mass is 16.5. The van der Waals surface area contributed by atoms with Gasteiger partial charge in [-0.25, -0.2) is 4.79 Å². The van der Waals surface area contributed by atoms with Gasteiger partial charge in [-0.1, -0.05) is 57.7 Å². The number of ether oxygens (including phenoxy) is 1. The van der Waals surface area contributed by atoms with Crippen LogP contribution < -0.4 is 4.74 Å². The molecule has 0 spiro atoms. The summed E-state index contributed by atoms with van der Waals surface area (Å²) in [5, 5.41) is 8.68. The molecule has 0 heterocycles. The molecule has 0 fully saturated rings. The van der Waals surface area contributed by atoms with Crippen LogP contribution in [0, 0.1) is 0 Å². The molecule has 0 aliphatic rings. The monoisotopic (exact) mass is 264 g/mol. The molecule has 0 aromatic heterocycles. The highest BCUT2D eigenvalue weighted by Gasteiger charge is 2.12. The third-order valence-electron chi connectivity index (χ3n) is 3.29. The quantitative estimate of drug-likeness (QED) is 0.679. The molecule has 0 amide bonds. The number of unbranched alkanes of at least 4 members (excludes halogenated alkanes) is 3. The van der Waals surface area contributed by atoms with Crippen molar-refractivity contribution < 1.29 is 14.6 Å². The third kappa shape index (κ3) is 5.77. The van der Waals surface area contributed by atoms with Crippen LogP contribution in [0.3, 0.4) is 0 Å². The molecule has 0 bridgehead atoms. The molecular formula is C16H24O3. The van der Waals surface area contributed by atoms with Gasteiger partial charge in [0.05, 0.1) is 0 Å². The molecule has 1 N–H and O–H groups in total. The van der Waals surface area contributed by atoms with Gasteiger partial charge < -0.3 is 9.84 Å². The molecule has 1 rings (SSSR count). The summed E-state index contributed by atoms with van der Waals surface area (Å²) in [4.78, 5) is 10.6. The van der Waals surface area contributed by atoms with Gasteiger partial charge >= 0.3 is 5.97 Å². The molecule has 0 aliphatic heterocycles. The zero-order chi connectivity index (χ0) is 14.1. The van der Waals surface area contributed by atoms with Crippen LogP contribution in [0.15, 0.2) is 24.3 Å². The number of carbonyl (C=O) groups is 1. The third-order valence-corrected chi connectivity index (χ3v) is 3.29. The maximum absolute atomic E-state index is 10.6. The molecule has 1 aromatic carbocycles. The van der Waals surface area contributed by atoms with Gasteiger partial charge in [0, 0.05) is 0 Å². The van der Waals surface area contributed by atoms with Crippen LogP contribution in [0.2, 0.25) is 0 Å². The summed E-state index contributed by atoms with van der Waals surface area (Å²) in [6, 6.07) is 7.73. The molecule has 0 saturated heterocycles. The SMILES string of the molecule is CCCCCCC(C)c1ccccc1OCC(=O)O. The Hall–Kier alpha value is -1.51. The van der Waals surface area contributed by atoms with E-state index in [4.69, 9.17) is 9.84 Å². The standard InChI is InChI=1S/C16H24O3/c1-3-4-5-6-9-13(2)14-10-7-8-11-15(14)19-12-16(17)18/h7-8,10-11,13H,3-6,9,12H2,1-2H3,(H,17,18). The van der Waals surface area contributed by atoms with E-state index in [0.29, 0.717) is 11.7 Å². The lowest BCUT2D eigenvalue weighted by atomic mass is 9.94. The number of hydrogen-bond donors (Lipinski definition) is 1. The smallest absolute Gasteiger partial charge is 0.341 e. The van der Waals surface area contributed by atoms with Crippen molar-refractivity contribution in [1.82, 2.24) is 0 Å². The van der Waals surface area contributed by atoms with Gasteiger partial charge in [-0.2, -0.15) is 0 Å². The molecule has 106 valence electrons. The maximum atomic E-state index is 10.6. The summed E-state index contributed by atoms with van der Waals surface area (Å²) in [5.74, 6) is 0.167. The Morgan fingerprint density at radius 3 is 2.68 bits per heavy atom. The summed E-state index contributed by atoms with van der Waals surface area (Å²) < 4.78 is 5.35. The second kappa shape index (κ2) is 8.57. The number of aliphatic carboxylic acids is 1. The number of carboxylic acid groups (broad SMARTS) is 1. The minimum Gasteiger partial charge on any atom is -0.482 e. The first-order valence-electron chi connectivity index (χ1n) is 7.08. The lowest BCUT2D eigenvalue weighted by molar-refractivity contribution is -0.139. The van der Waals surface area contributed by atoms with E-state index in [1.54, 1.807) is 0 Å². The zero-order valence-electron chi connectivity index (χ0n) is 11.9. The largest absolute Gasteiger partial charge is 0.482 e. The van der Waals surface area contributed by atoms with E-state index >= 15 is 0 Å². The molecule has 3 nitrogen and oxygen atoms in total. The van der Waals surface area contributed by atoms with E-state index in [1.165, 1.54) is 25.7 Å². The normalized spacial score (nSPS) is 12.1. The maximum Gasteiger partial charge on any atom is 0.341 e. The Kier molecular flexibility index (Phi) is 7.01. The van der Waals surface area contributed by atoms with Crippen molar-refractivity contribution in [3.63, 3.8) is 0 Å². The predicted octanol–water partition coefficient (Wildman–Crippen LogP) is 4.22. The van der Waals surface area contributed by atoms with Gasteiger partial charge in [-0.05, 0) is 24.0 Å². The van der Waals surface area contributed by atoms with E-state index in [0.717, 1.165) is 12.0 Å². The van der Waals surface area contributed by atoms with E-state index < -0.39 is 5.97 Å². The second-order valence-electron chi connectivity index (χ2n) is 4.97. The Morgan fingerprint density at radius 1 is 1.26 bits per heavy atom. The van der Waals surface area contributed by atoms with E-state index in [9.17, 15) is 4.79 Å². The van der Waals surface area contributed by atoms with Crippen molar-refractivity contribution >= 4 is 5.97 Å². The Balaban J connectivity index is 2.57. The summed E-state index contributed by atoms with van der Waals surface area (Å²) in [5.41, 5.74) is 1.11. The van der Waals surface area contributed by atoms with Crippen LogP contribution in [0.5, 0.6) is 5.75 Å². The molecule has 3 heteroatoms. The lowest BCUT2D eigenvalue weighted by Crippen LogP contribution is -2.11. The summed E-state index contributed by atoms with van der Waals surface area (Å²) in [7, 11) is 0. The van der Waals surface area contributed by atoms with Crippen molar-refractivity contribution in [2.24, 2.45) is 0 Å². The first kappa shape index (κ1) is 15.5. The summed E-state index contributed by atoms with van der Waals surface area (Å²) in [6.45, 7) is 4.10. The van der Waals surface area contributed by atoms with Crippen molar-refractivity contribution in [2.45, 2.75) is 51.9 Å². The van der Waals surface area contributed by atoms with E-state index in [1.807, 2.05) is 24.3 Å². The van der Waals surface area contributed by atoms with Crippen LogP contribution >= 0.6 is 0 Å². The van der Waals surface area contributed by atoms with Gasteiger partial charge in [-0.3, -0.25) is 0 Å². The molecule has 19 heavy (non-hydrogen) atoms. The minimum atomic E-state index is -0.939. The fourth-order valence-electron chi connectivity index (χ4n) is 2.19. The van der Waals surface area contributed by atoms with Crippen LogP contribution in [0.1, 0.15) is 57.4 Å². The zero-order valence-corrected chi connectivity index (χ0v) is 11.9. The first-order chi connectivity index (χ1) is 9.15. The fraction of sp³-hybridized carbons (Fsp3) is 0.562. The van der Waals surface area contributed by atoms with Crippen LogP contribution in [-0.2, 0) is 4.79 Å². The van der Waals surface area contributed by atoms with Gasteiger partial charge in [-0.15, -0.1) is 0 Å². The molecule has 0 radical (unpaired) electrons. The molecule has 1 aromatic rings. The highest BCUT2D eigenvalue weighted by molar-refractivity contribution is 5.68. The molecule has 1 atom stereocenters. The Labute approximate surface area is 115 Å². The average Bonchev–Trinajstić information content (AvgIpc) is 2.41. The Morgan fingerprint density at radius 2 is 2.00 bits per heavy atom. The van der Waals surface area contributed by atoms with Crippen LogP contribution in [-0.4, -0.2) is 17.7 Å². The van der Waals surface area contributed by atoms with Gasteiger partial charge in [0.1, 0.15) is 5.75 Å². The number of hydrogen-bond acceptors (Lipinski definition) is 2. The fourth-order valence-corrected chi connectivity index (χ4v) is 2.19. The number of benzene rings is 1. The Bertz CT molecular complexity index is 387. The minimum absolute atomic E-state index is 0.278. The highest BCUT2D eigenvalue weighted by Crippen LogP contribution is 2.30. The first-order valence-corrected chi connectivity index (χ1v) is 7.08. The van der Waals surface area contributed by atoms with Crippen molar-refractivity contribution in [1.29, 1.82) is 0 Å². The van der Waals surface area contributed by atoms with E-state index in [2.05, 4.69) is 13.8 Å². The van der Waals surface area contributed by atoms with Crippen molar-refractivity contribution in [3.05, 3.63) is 29.8 Å². The number of rotatable bonds is 9. The van der Waals surface area contributed by atoms with Gasteiger partial charge in [0.2, 0.25) is 0 Å². The van der Waals surface area contributed by atoms with Crippen molar-refractivity contribution in [3.8, 4) is 5.75 Å². The topological polar surface area (TPSA) is 46.5 Å². The lowest BCUT2D eigenvalue weighted by Gasteiger charge is -2.16. The molecule has 0 aliphatic carbocycles.